The van der Waals surface area contributed by atoms with Gasteiger partial charge in [0.1, 0.15) is 0 Å². The highest BCUT2D eigenvalue weighted by Gasteiger charge is 2.39. The molecule has 3 nitrogen and oxygen atoms in total. The van der Waals surface area contributed by atoms with Gasteiger partial charge in [0.15, 0.2) is 0 Å². The van der Waals surface area contributed by atoms with Crippen LogP contribution in [0.5, 0.6) is 0 Å². The Balaban J connectivity index is 2.51. The van der Waals surface area contributed by atoms with Crippen LogP contribution in [-0.2, 0) is 4.74 Å². The topological polar surface area (TPSA) is 38.5 Å². The minimum atomic E-state index is 0.211. The van der Waals surface area contributed by atoms with E-state index < -0.39 is 0 Å². The standard InChI is InChI=1S/C10H22N2OS/c1-9-6-10(7-11,8-14-9)12(2)4-5-13-3/h9H,4-8,11H2,1-3H3. The van der Waals surface area contributed by atoms with Crippen LogP contribution in [-0.4, -0.2) is 55.3 Å². The summed E-state index contributed by atoms with van der Waals surface area (Å²) >= 11 is 2.03. The van der Waals surface area contributed by atoms with Crippen molar-refractivity contribution < 1.29 is 4.74 Å². The lowest BCUT2D eigenvalue weighted by Crippen LogP contribution is -2.53. The van der Waals surface area contributed by atoms with Crippen molar-refractivity contribution >= 4 is 11.8 Å². The molecule has 0 aromatic heterocycles. The summed E-state index contributed by atoms with van der Waals surface area (Å²) < 4.78 is 5.10. The minimum absolute atomic E-state index is 0.211. The van der Waals surface area contributed by atoms with Gasteiger partial charge in [0.05, 0.1) is 6.61 Å². The van der Waals surface area contributed by atoms with E-state index in [0.717, 1.165) is 30.7 Å². The average Bonchev–Trinajstić information content (AvgIpc) is 2.58. The number of nitrogens with zero attached hydrogens (tertiary/aromatic N) is 1. The SMILES string of the molecule is COCCN(C)C1(CN)CSC(C)C1. The van der Waals surface area contributed by atoms with Gasteiger partial charge < -0.3 is 10.5 Å². The number of hydrogen-bond donors (Lipinski definition) is 1. The fourth-order valence-corrected chi connectivity index (χ4v) is 3.46. The Bertz CT molecular complexity index is 180. The Morgan fingerprint density at radius 3 is 2.79 bits per heavy atom. The maximum atomic E-state index is 5.91. The third kappa shape index (κ3) is 2.63. The molecule has 1 aliphatic rings. The van der Waals surface area contributed by atoms with Gasteiger partial charge in [0.2, 0.25) is 0 Å². The zero-order valence-corrected chi connectivity index (χ0v) is 10.3. The summed E-state index contributed by atoms with van der Waals surface area (Å²) in [7, 11) is 3.90. The highest BCUT2D eigenvalue weighted by Crippen LogP contribution is 2.37. The van der Waals surface area contributed by atoms with Crippen molar-refractivity contribution in [3.63, 3.8) is 0 Å². The van der Waals surface area contributed by atoms with E-state index in [1.54, 1.807) is 7.11 Å². The van der Waals surface area contributed by atoms with E-state index in [0.29, 0.717) is 0 Å². The fourth-order valence-electron chi connectivity index (χ4n) is 1.98. The highest BCUT2D eigenvalue weighted by molar-refractivity contribution is 8.00. The molecule has 2 atom stereocenters. The van der Waals surface area contributed by atoms with Crippen LogP contribution < -0.4 is 5.73 Å². The lowest BCUT2D eigenvalue weighted by atomic mass is 9.94. The Morgan fingerprint density at radius 2 is 2.36 bits per heavy atom. The molecule has 0 amide bonds. The first-order chi connectivity index (χ1) is 6.64. The van der Waals surface area contributed by atoms with Crippen molar-refractivity contribution in [2.45, 2.75) is 24.1 Å². The molecule has 0 saturated carbocycles. The van der Waals surface area contributed by atoms with Crippen molar-refractivity contribution in [3.8, 4) is 0 Å². The quantitative estimate of drug-likeness (QED) is 0.740. The number of rotatable bonds is 5. The molecule has 1 fully saturated rings. The molecule has 0 spiro atoms. The molecular formula is C10H22N2OS. The summed E-state index contributed by atoms with van der Waals surface area (Å²) in [6, 6.07) is 0. The molecule has 1 heterocycles. The fraction of sp³-hybridized carbons (Fsp3) is 1.00. The molecule has 0 aromatic rings. The van der Waals surface area contributed by atoms with Gasteiger partial charge >= 0.3 is 0 Å². The van der Waals surface area contributed by atoms with Crippen LogP contribution in [0.25, 0.3) is 0 Å². The first-order valence-corrected chi connectivity index (χ1v) is 6.21. The number of hydrogen-bond acceptors (Lipinski definition) is 4. The Kier molecular flexibility index (Phi) is 4.70. The third-order valence-electron chi connectivity index (χ3n) is 3.12. The Morgan fingerprint density at radius 1 is 1.64 bits per heavy atom. The van der Waals surface area contributed by atoms with E-state index in [1.807, 2.05) is 11.8 Å². The van der Waals surface area contributed by atoms with Crippen LogP contribution in [0.4, 0.5) is 0 Å². The Hall–Kier alpha value is 0.230. The van der Waals surface area contributed by atoms with E-state index in [1.165, 1.54) is 6.42 Å². The van der Waals surface area contributed by atoms with Crippen LogP contribution in [0.15, 0.2) is 0 Å². The number of thioether (sulfide) groups is 1. The second-order valence-electron chi connectivity index (χ2n) is 4.17. The van der Waals surface area contributed by atoms with Gasteiger partial charge in [-0.3, -0.25) is 4.90 Å². The molecular weight excluding hydrogens is 196 g/mol. The Labute approximate surface area is 91.4 Å². The van der Waals surface area contributed by atoms with Gasteiger partial charge in [-0.1, -0.05) is 6.92 Å². The number of nitrogens with two attached hydrogens (primary N) is 1. The second-order valence-corrected chi connectivity index (χ2v) is 5.60. The molecule has 4 heteroatoms. The average molecular weight is 218 g/mol. The van der Waals surface area contributed by atoms with Gasteiger partial charge in [0, 0.05) is 36.7 Å². The molecule has 0 bridgehead atoms. The molecule has 1 saturated heterocycles. The zero-order valence-electron chi connectivity index (χ0n) is 9.45. The zero-order chi connectivity index (χ0) is 10.6. The molecule has 84 valence electrons. The van der Waals surface area contributed by atoms with Crippen molar-refractivity contribution in [2.75, 3.05) is 39.6 Å². The number of likely N-dealkylation sites (N-methyl/N-ethyl adjacent to an activating group) is 1. The summed E-state index contributed by atoms with van der Waals surface area (Å²) in [6.07, 6.45) is 1.20. The molecule has 2 unspecified atom stereocenters. The van der Waals surface area contributed by atoms with Gasteiger partial charge in [-0.25, -0.2) is 0 Å². The molecule has 14 heavy (non-hydrogen) atoms. The predicted molar refractivity (Wildman–Crippen MR) is 62.8 cm³/mol. The van der Waals surface area contributed by atoms with Gasteiger partial charge in [-0.05, 0) is 13.5 Å². The van der Waals surface area contributed by atoms with Crippen LogP contribution in [0.2, 0.25) is 0 Å². The third-order valence-corrected chi connectivity index (χ3v) is 4.56. The lowest BCUT2D eigenvalue weighted by Gasteiger charge is -2.37. The molecule has 0 aliphatic carbocycles. The van der Waals surface area contributed by atoms with Crippen LogP contribution in [0, 0.1) is 0 Å². The summed E-state index contributed by atoms with van der Waals surface area (Å²) in [6.45, 7) is 4.80. The van der Waals surface area contributed by atoms with E-state index in [9.17, 15) is 0 Å². The maximum absolute atomic E-state index is 5.91. The first kappa shape index (κ1) is 12.3. The second kappa shape index (κ2) is 5.35. The number of methoxy groups -OCH3 is 1. The van der Waals surface area contributed by atoms with Crippen LogP contribution in [0.3, 0.4) is 0 Å². The lowest BCUT2D eigenvalue weighted by molar-refractivity contribution is 0.0959. The maximum Gasteiger partial charge on any atom is 0.0589 e. The number of ether oxygens (including phenoxy) is 1. The first-order valence-electron chi connectivity index (χ1n) is 5.16. The molecule has 0 aromatic carbocycles. The van der Waals surface area contributed by atoms with Crippen molar-refractivity contribution in [1.82, 2.24) is 4.90 Å². The predicted octanol–water partition coefficient (Wildman–Crippen LogP) is 0.788. The summed E-state index contributed by atoms with van der Waals surface area (Å²) in [4.78, 5) is 2.37. The minimum Gasteiger partial charge on any atom is -0.383 e. The smallest absolute Gasteiger partial charge is 0.0589 e. The van der Waals surface area contributed by atoms with Crippen LogP contribution >= 0.6 is 11.8 Å². The van der Waals surface area contributed by atoms with E-state index in [-0.39, 0.29) is 5.54 Å². The monoisotopic (exact) mass is 218 g/mol. The van der Waals surface area contributed by atoms with Crippen LogP contribution in [0.1, 0.15) is 13.3 Å². The summed E-state index contributed by atoms with van der Waals surface area (Å²) in [5.74, 6) is 1.16. The normalized spacial score (nSPS) is 32.8. The summed E-state index contributed by atoms with van der Waals surface area (Å²) in [5, 5.41) is 0.739. The molecule has 1 rings (SSSR count). The van der Waals surface area contributed by atoms with E-state index in [2.05, 4.69) is 18.9 Å². The van der Waals surface area contributed by atoms with Gasteiger partial charge in [-0.15, -0.1) is 0 Å². The molecule has 2 N–H and O–H groups in total. The van der Waals surface area contributed by atoms with Gasteiger partial charge in [-0.2, -0.15) is 11.8 Å². The largest absolute Gasteiger partial charge is 0.383 e. The molecule has 0 radical (unpaired) electrons. The summed E-state index contributed by atoms with van der Waals surface area (Å²) in [5.41, 5.74) is 6.12. The molecule has 1 aliphatic heterocycles. The van der Waals surface area contributed by atoms with E-state index in [4.69, 9.17) is 10.5 Å². The highest BCUT2D eigenvalue weighted by atomic mass is 32.2. The van der Waals surface area contributed by atoms with E-state index >= 15 is 0 Å². The van der Waals surface area contributed by atoms with Crippen molar-refractivity contribution in [2.24, 2.45) is 5.73 Å². The van der Waals surface area contributed by atoms with Gasteiger partial charge in [0.25, 0.3) is 0 Å². The van der Waals surface area contributed by atoms with Crippen molar-refractivity contribution in [3.05, 3.63) is 0 Å². The van der Waals surface area contributed by atoms with Crippen molar-refractivity contribution in [1.29, 1.82) is 0 Å².